The molecule has 0 radical (unpaired) electrons. The van der Waals surface area contributed by atoms with Crippen molar-refractivity contribution < 1.29 is 9.53 Å². The summed E-state index contributed by atoms with van der Waals surface area (Å²) in [6, 6.07) is 0.611. The summed E-state index contributed by atoms with van der Waals surface area (Å²) < 4.78 is 4.78. The van der Waals surface area contributed by atoms with Gasteiger partial charge in [-0.25, -0.2) is 0 Å². The molecule has 0 aromatic carbocycles. The van der Waals surface area contributed by atoms with Crippen LogP contribution in [0.15, 0.2) is 0 Å². The average Bonchev–Trinajstić information content (AvgIpc) is 2.28. The minimum absolute atomic E-state index is 0.0272. The molecule has 0 bridgehead atoms. The molecule has 0 aromatic rings. The minimum Gasteiger partial charge on any atom is -0.469 e. The smallest absolute Gasteiger partial charge is 0.308 e. The number of carbonyl (C=O) groups is 1. The monoisotopic (exact) mass is 227 g/mol. The fourth-order valence-electron chi connectivity index (χ4n) is 2.28. The van der Waals surface area contributed by atoms with Gasteiger partial charge in [0, 0.05) is 6.04 Å². The van der Waals surface area contributed by atoms with E-state index in [1.807, 2.05) is 0 Å². The Morgan fingerprint density at radius 3 is 2.44 bits per heavy atom. The molecular weight excluding hydrogens is 202 g/mol. The molecule has 1 N–H and O–H groups in total. The lowest BCUT2D eigenvalue weighted by Crippen LogP contribution is -2.36. The Kier molecular flexibility index (Phi) is 5.81. The Bertz CT molecular complexity index is 208. The number of rotatable bonds is 5. The maximum absolute atomic E-state index is 11.3. The van der Waals surface area contributed by atoms with Gasteiger partial charge in [-0.05, 0) is 44.6 Å². The Labute approximate surface area is 98.9 Å². The van der Waals surface area contributed by atoms with Gasteiger partial charge in [0.2, 0.25) is 0 Å². The average molecular weight is 227 g/mol. The molecule has 1 aliphatic carbocycles. The molecule has 0 aromatic heterocycles. The van der Waals surface area contributed by atoms with E-state index in [1.54, 1.807) is 0 Å². The number of carbonyl (C=O) groups excluding carboxylic acids is 1. The summed E-state index contributed by atoms with van der Waals surface area (Å²) in [5.74, 6) is 0.882. The van der Waals surface area contributed by atoms with E-state index in [-0.39, 0.29) is 11.9 Å². The van der Waals surface area contributed by atoms with Crippen molar-refractivity contribution in [1.29, 1.82) is 0 Å². The van der Waals surface area contributed by atoms with Crippen LogP contribution in [-0.2, 0) is 9.53 Å². The van der Waals surface area contributed by atoms with Crippen molar-refractivity contribution >= 4 is 5.97 Å². The van der Waals surface area contributed by atoms with Gasteiger partial charge < -0.3 is 10.1 Å². The quantitative estimate of drug-likeness (QED) is 0.733. The zero-order valence-corrected chi connectivity index (χ0v) is 10.8. The number of esters is 1. The van der Waals surface area contributed by atoms with Gasteiger partial charge >= 0.3 is 5.97 Å². The third-order valence-electron chi connectivity index (χ3n) is 3.42. The maximum Gasteiger partial charge on any atom is 0.308 e. The van der Waals surface area contributed by atoms with Crippen molar-refractivity contribution in [2.75, 3.05) is 13.7 Å². The van der Waals surface area contributed by atoms with E-state index < -0.39 is 0 Å². The summed E-state index contributed by atoms with van der Waals surface area (Å²) in [7, 11) is 1.48. The van der Waals surface area contributed by atoms with Crippen LogP contribution in [0.1, 0.15) is 46.0 Å². The predicted octanol–water partition coefficient (Wildman–Crippen LogP) is 2.35. The molecule has 94 valence electrons. The molecule has 3 nitrogen and oxygen atoms in total. The first-order chi connectivity index (χ1) is 7.63. The van der Waals surface area contributed by atoms with Gasteiger partial charge in [-0.2, -0.15) is 0 Å². The zero-order valence-electron chi connectivity index (χ0n) is 10.8. The maximum atomic E-state index is 11.3. The summed E-state index contributed by atoms with van der Waals surface area (Å²) in [4.78, 5) is 11.3. The van der Waals surface area contributed by atoms with Crippen molar-refractivity contribution in [3.63, 3.8) is 0 Å². The first kappa shape index (κ1) is 13.5. The van der Waals surface area contributed by atoms with Crippen molar-refractivity contribution in [2.24, 2.45) is 11.8 Å². The minimum atomic E-state index is -0.0272. The highest BCUT2D eigenvalue weighted by Gasteiger charge is 2.26. The van der Waals surface area contributed by atoms with Gasteiger partial charge in [0.15, 0.2) is 0 Å². The largest absolute Gasteiger partial charge is 0.469 e. The molecule has 0 spiro atoms. The van der Waals surface area contributed by atoms with Crippen LogP contribution in [0, 0.1) is 11.8 Å². The highest BCUT2D eigenvalue weighted by atomic mass is 16.5. The van der Waals surface area contributed by atoms with E-state index in [9.17, 15) is 4.79 Å². The Morgan fingerprint density at radius 2 is 1.94 bits per heavy atom. The molecule has 16 heavy (non-hydrogen) atoms. The topological polar surface area (TPSA) is 38.3 Å². The molecule has 1 rings (SSSR count). The Balaban J connectivity index is 2.14. The van der Waals surface area contributed by atoms with Gasteiger partial charge in [0.1, 0.15) is 0 Å². The third kappa shape index (κ3) is 4.52. The van der Waals surface area contributed by atoms with Gasteiger partial charge in [-0.1, -0.05) is 13.8 Å². The summed E-state index contributed by atoms with van der Waals surface area (Å²) >= 11 is 0. The van der Waals surface area contributed by atoms with Gasteiger partial charge in [-0.3, -0.25) is 4.79 Å². The molecule has 0 aliphatic heterocycles. The molecule has 3 heteroatoms. The van der Waals surface area contributed by atoms with Crippen LogP contribution in [0.2, 0.25) is 0 Å². The highest BCUT2D eigenvalue weighted by Crippen LogP contribution is 2.25. The van der Waals surface area contributed by atoms with Crippen molar-refractivity contribution in [3.05, 3.63) is 0 Å². The Morgan fingerprint density at radius 1 is 1.31 bits per heavy atom. The Hall–Kier alpha value is -0.570. The van der Waals surface area contributed by atoms with E-state index in [0.29, 0.717) is 6.04 Å². The standard InChI is InChI=1S/C13H25NO2/c1-10(2)8-9-14-12-6-4-11(5-7-12)13(15)16-3/h10-12,14H,4-9H2,1-3H3. The van der Waals surface area contributed by atoms with Crippen molar-refractivity contribution in [3.8, 4) is 0 Å². The molecular formula is C13H25NO2. The molecule has 0 unspecified atom stereocenters. The van der Waals surface area contributed by atoms with Gasteiger partial charge in [0.05, 0.1) is 13.0 Å². The van der Waals surface area contributed by atoms with Crippen molar-refractivity contribution in [1.82, 2.24) is 5.32 Å². The normalized spacial score (nSPS) is 25.8. The fraction of sp³-hybridized carbons (Fsp3) is 0.923. The van der Waals surface area contributed by atoms with E-state index >= 15 is 0 Å². The predicted molar refractivity (Wildman–Crippen MR) is 65.2 cm³/mol. The second kappa shape index (κ2) is 6.89. The lowest BCUT2D eigenvalue weighted by molar-refractivity contribution is -0.146. The second-order valence-corrected chi connectivity index (χ2v) is 5.21. The van der Waals surface area contributed by atoms with Crippen LogP contribution < -0.4 is 5.32 Å². The highest BCUT2D eigenvalue weighted by molar-refractivity contribution is 5.72. The number of methoxy groups -OCH3 is 1. The molecule has 0 atom stereocenters. The molecule has 0 heterocycles. The third-order valence-corrected chi connectivity index (χ3v) is 3.42. The number of hydrogen-bond acceptors (Lipinski definition) is 3. The van der Waals surface area contributed by atoms with Crippen LogP contribution >= 0.6 is 0 Å². The summed E-state index contributed by atoms with van der Waals surface area (Å²) in [6.07, 6.45) is 5.41. The lowest BCUT2D eigenvalue weighted by atomic mass is 9.86. The SMILES string of the molecule is COC(=O)C1CCC(NCCC(C)C)CC1. The molecule has 0 saturated heterocycles. The molecule has 1 fully saturated rings. The lowest BCUT2D eigenvalue weighted by Gasteiger charge is -2.27. The van der Waals surface area contributed by atoms with Crippen molar-refractivity contribution in [2.45, 2.75) is 52.0 Å². The second-order valence-electron chi connectivity index (χ2n) is 5.21. The number of ether oxygens (including phenoxy) is 1. The summed E-state index contributed by atoms with van der Waals surface area (Å²) in [5.41, 5.74) is 0. The van der Waals surface area contributed by atoms with Crippen LogP contribution in [-0.4, -0.2) is 25.7 Å². The summed E-state index contributed by atoms with van der Waals surface area (Å²) in [6.45, 7) is 5.59. The van der Waals surface area contributed by atoms with Crippen LogP contribution in [0.4, 0.5) is 0 Å². The first-order valence-corrected chi connectivity index (χ1v) is 6.44. The van der Waals surface area contributed by atoms with Gasteiger partial charge in [0.25, 0.3) is 0 Å². The molecule has 0 amide bonds. The van der Waals surface area contributed by atoms with E-state index in [2.05, 4.69) is 19.2 Å². The first-order valence-electron chi connectivity index (χ1n) is 6.44. The number of nitrogens with one attached hydrogen (secondary N) is 1. The zero-order chi connectivity index (χ0) is 12.0. The van der Waals surface area contributed by atoms with E-state index in [4.69, 9.17) is 4.74 Å². The van der Waals surface area contributed by atoms with E-state index in [1.165, 1.54) is 13.5 Å². The van der Waals surface area contributed by atoms with E-state index in [0.717, 1.165) is 38.1 Å². The van der Waals surface area contributed by atoms with Crippen LogP contribution in [0.25, 0.3) is 0 Å². The number of hydrogen-bond donors (Lipinski definition) is 1. The van der Waals surface area contributed by atoms with Crippen LogP contribution in [0.5, 0.6) is 0 Å². The van der Waals surface area contributed by atoms with Crippen LogP contribution in [0.3, 0.4) is 0 Å². The molecule has 1 aliphatic rings. The van der Waals surface area contributed by atoms with Gasteiger partial charge in [-0.15, -0.1) is 0 Å². The fourth-order valence-corrected chi connectivity index (χ4v) is 2.28. The molecule has 1 saturated carbocycles. The summed E-state index contributed by atoms with van der Waals surface area (Å²) in [5, 5.41) is 3.58.